The molecular formula is C15H33IN4O2S. The van der Waals surface area contributed by atoms with Crippen LogP contribution in [0.5, 0.6) is 0 Å². The Morgan fingerprint density at radius 3 is 2.35 bits per heavy atom. The summed E-state index contributed by atoms with van der Waals surface area (Å²) in [7, 11) is -3.04. The van der Waals surface area contributed by atoms with Crippen LogP contribution >= 0.6 is 24.0 Å². The number of sulfonamides is 1. The van der Waals surface area contributed by atoms with Crippen molar-refractivity contribution in [3.8, 4) is 0 Å². The zero-order chi connectivity index (χ0) is 16.6. The minimum Gasteiger partial charge on any atom is -0.357 e. The van der Waals surface area contributed by atoms with E-state index in [1.807, 2.05) is 0 Å². The molecule has 0 aromatic carbocycles. The fraction of sp³-hybridized carbons (Fsp3) is 0.933. The Kier molecular flexibility index (Phi) is 11.4. The number of piperidine rings is 1. The molecule has 8 heteroatoms. The van der Waals surface area contributed by atoms with E-state index < -0.39 is 10.0 Å². The van der Waals surface area contributed by atoms with Crippen LogP contribution in [0.3, 0.4) is 0 Å². The molecule has 0 unspecified atom stereocenters. The molecule has 23 heavy (non-hydrogen) atoms. The molecule has 0 radical (unpaired) electrons. The van der Waals surface area contributed by atoms with E-state index in [1.165, 1.54) is 6.26 Å². The molecular weight excluding hydrogens is 427 g/mol. The Labute approximate surface area is 159 Å². The van der Waals surface area contributed by atoms with Crippen LogP contribution in [-0.2, 0) is 10.0 Å². The summed E-state index contributed by atoms with van der Waals surface area (Å²) < 4.78 is 24.6. The second-order valence-corrected chi connectivity index (χ2v) is 8.42. The van der Waals surface area contributed by atoms with Gasteiger partial charge in [0.25, 0.3) is 0 Å². The molecule has 6 nitrogen and oxygen atoms in total. The van der Waals surface area contributed by atoms with Crippen LogP contribution < -0.4 is 10.6 Å². The maximum Gasteiger partial charge on any atom is 0.211 e. The normalized spacial score (nSPS) is 17.9. The maximum absolute atomic E-state index is 11.5. The third-order valence-electron chi connectivity index (χ3n) is 3.91. The molecule has 0 aromatic heterocycles. The molecule has 1 aliphatic heterocycles. The molecule has 0 amide bonds. The van der Waals surface area contributed by atoms with Crippen LogP contribution in [0.4, 0.5) is 0 Å². The van der Waals surface area contributed by atoms with Gasteiger partial charge in [-0.3, -0.25) is 4.99 Å². The van der Waals surface area contributed by atoms with Gasteiger partial charge in [0.05, 0.1) is 6.26 Å². The summed E-state index contributed by atoms with van der Waals surface area (Å²) in [4.78, 5) is 4.65. The van der Waals surface area contributed by atoms with Gasteiger partial charge in [0.1, 0.15) is 0 Å². The first-order chi connectivity index (χ1) is 10.3. The molecule has 1 saturated heterocycles. The van der Waals surface area contributed by atoms with Crippen LogP contribution in [0.25, 0.3) is 0 Å². The third kappa shape index (κ3) is 9.71. The number of rotatable bonds is 7. The molecule has 1 aliphatic rings. The standard InChI is InChI=1S/C15H32N4O2S.HI/c1-5-16-15(17-9-6-13(2)3)18-12-14-7-10-19(11-8-14)22(4,20)21;/h13-14H,5-12H2,1-4H3,(H2,16,17,18);1H. The molecule has 1 fully saturated rings. The summed E-state index contributed by atoms with van der Waals surface area (Å²) in [6.45, 7) is 10.3. The second kappa shape index (κ2) is 11.5. The van der Waals surface area contributed by atoms with Crippen LogP contribution in [0.1, 0.15) is 40.0 Å². The minimum atomic E-state index is -3.04. The highest BCUT2D eigenvalue weighted by Gasteiger charge is 2.24. The lowest BCUT2D eigenvalue weighted by Gasteiger charge is -2.29. The van der Waals surface area contributed by atoms with Gasteiger partial charge in [-0.1, -0.05) is 13.8 Å². The van der Waals surface area contributed by atoms with E-state index in [-0.39, 0.29) is 24.0 Å². The monoisotopic (exact) mass is 460 g/mol. The number of hydrogen-bond acceptors (Lipinski definition) is 3. The predicted molar refractivity (Wildman–Crippen MR) is 108 cm³/mol. The molecule has 1 rings (SSSR count). The molecule has 0 aliphatic carbocycles. The quantitative estimate of drug-likeness (QED) is 0.346. The summed E-state index contributed by atoms with van der Waals surface area (Å²) in [6.07, 6.45) is 4.19. The van der Waals surface area contributed by atoms with Gasteiger partial charge < -0.3 is 10.6 Å². The van der Waals surface area contributed by atoms with E-state index >= 15 is 0 Å². The fourth-order valence-corrected chi connectivity index (χ4v) is 3.34. The summed E-state index contributed by atoms with van der Waals surface area (Å²) in [6, 6.07) is 0. The fourth-order valence-electron chi connectivity index (χ4n) is 2.46. The zero-order valence-electron chi connectivity index (χ0n) is 14.8. The van der Waals surface area contributed by atoms with E-state index in [2.05, 4.69) is 36.4 Å². The van der Waals surface area contributed by atoms with E-state index in [9.17, 15) is 8.42 Å². The Morgan fingerprint density at radius 1 is 1.26 bits per heavy atom. The Balaban J connectivity index is 0.00000484. The zero-order valence-corrected chi connectivity index (χ0v) is 18.0. The number of nitrogens with zero attached hydrogens (tertiary/aromatic N) is 2. The molecule has 138 valence electrons. The second-order valence-electron chi connectivity index (χ2n) is 6.43. The molecule has 1 heterocycles. The number of halogens is 1. The Bertz CT molecular complexity index is 446. The summed E-state index contributed by atoms with van der Waals surface area (Å²) in [5, 5.41) is 6.62. The van der Waals surface area contributed by atoms with E-state index in [0.717, 1.165) is 44.9 Å². The first kappa shape index (κ1) is 22.9. The number of nitrogens with one attached hydrogen (secondary N) is 2. The van der Waals surface area contributed by atoms with Crippen molar-refractivity contribution in [1.29, 1.82) is 0 Å². The highest BCUT2D eigenvalue weighted by Crippen LogP contribution is 2.19. The molecule has 0 aromatic rings. The lowest BCUT2D eigenvalue weighted by molar-refractivity contribution is 0.280. The topological polar surface area (TPSA) is 73.8 Å². The average molecular weight is 460 g/mol. The molecule has 0 atom stereocenters. The SMILES string of the molecule is CCNC(=NCC1CCN(S(C)(=O)=O)CC1)NCCC(C)C.I. The smallest absolute Gasteiger partial charge is 0.211 e. The van der Waals surface area contributed by atoms with Crippen LogP contribution in [0, 0.1) is 11.8 Å². The van der Waals surface area contributed by atoms with Gasteiger partial charge in [-0.15, -0.1) is 24.0 Å². The van der Waals surface area contributed by atoms with Gasteiger partial charge in [0, 0.05) is 32.7 Å². The van der Waals surface area contributed by atoms with Crippen molar-refractivity contribution in [1.82, 2.24) is 14.9 Å². The van der Waals surface area contributed by atoms with Crippen molar-refractivity contribution in [2.45, 2.75) is 40.0 Å². The summed E-state index contributed by atoms with van der Waals surface area (Å²) in [5.74, 6) is 2.02. The van der Waals surface area contributed by atoms with Crippen molar-refractivity contribution in [3.05, 3.63) is 0 Å². The lowest BCUT2D eigenvalue weighted by Crippen LogP contribution is -2.40. The van der Waals surface area contributed by atoms with E-state index in [1.54, 1.807) is 4.31 Å². The Morgan fingerprint density at radius 2 is 1.87 bits per heavy atom. The van der Waals surface area contributed by atoms with Crippen molar-refractivity contribution >= 4 is 40.0 Å². The summed E-state index contributed by atoms with van der Waals surface area (Å²) >= 11 is 0. The number of aliphatic imine (C=N–C) groups is 1. The van der Waals surface area contributed by atoms with E-state index in [4.69, 9.17) is 0 Å². The first-order valence-electron chi connectivity index (χ1n) is 8.30. The highest BCUT2D eigenvalue weighted by atomic mass is 127. The lowest BCUT2D eigenvalue weighted by atomic mass is 9.98. The first-order valence-corrected chi connectivity index (χ1v) is 10.1. The molecule has 0 spiro atoms. The molecule has 2 N–H and O–H groups in total. The van der Waals surface area contributed by atoms with Gasteiger partial charge in [-0.05, 0) is 38.0 Å². The van der Waals surface area contributed by atoms with Crippen LogP contribution in [0.2, 0.25) is 0 Å². The number of guanidine groups is 1. The average Bonchev–Trinajstić information content (AvgIpc) is 2.44. The predicted octanol–water partition coefficient (Wildman–Crippen LogP) is 1.88. The van der Waals surface area contributed by atoms with Gasteiger partial charge in [-0.2, -0.15) is 0 Å². The molecule has 0 saturated carbocycles. The van der Waals surface area contributed by atoms with Crippen molar-refractivity contribution in [3.63, 3.8) is 0 Å². The van der Waals surface area contributed by atoms with Gasteiger partial charge in [-0.25, -0.2) is 12.7 Å². The largest absolute Gasteiger partial charge is 0.357 e. The highest BCUT2D eigenvalue weighted by molar-refractivity contribution is 14.0. The molecule has 0 bridgehead atoms. The van der Waals surface area contributed by atoms with Crippen molar-refractivity contribution < 1.29 is 8.42 Å². The third-order valence-corrected chi connectivity index (χ3v) is 5.21. The Hall–Kier alpha value is -0.0900. The van der Waals surface area contributed by atoms with E-state index in [0.29, 0.717) is 24.9 Å². The van der Waals surface area contributed by atoms with Gasteiger partial charge in [0.15, 0.2) is 5.96 Å². The van der Waals surface area contributed by atoms with Gasteiger partial charge >= 0.3 is 0 Å². The summed E-state index contributed by atoms with van der Waals surface area (Å²) in [5.41, 5.74) is 0. The number of hydrogen-bond donors (Lipinski definition) is 2. The van der Waals surface area contributed by atoms with Crippen LogP contribution in [0.15, 0.2) is 4.99 Å². The van der Waals surface area contributed by atoms with Gasteiger partial charge in [0.2, 0.25) is 10.0 Å². The minimum absolute atomic E-state index is 0. The van der Waals surface area contributed by atoms with Crippen molar-refractivity contribution in [2.24, 2.45) is 16.8 Å². The van der Waals surface area contributed by atoms with Crippen LogP contribution in [-0.4, -0.2) is 57.7 Å². The maximum atomic E-state index is 11.5. The van der Waals surface area contributed by atoms with Crippen molar-refractivity contribution in [2.75, 3.05) is 39.0 Å².